The van der Waals surface area contributed by atoms with Crippen molar-refractivity contribution in [2.45, 2.75) is 204 Å². The molecule has 10 atom stereocenters. The first kappa shape index (κ1) is 86.2. The smallest absolute Gasteiger partial charge is 0.408 e. The van der Waals surface area contributed by atoms with E-state index in [2.05, 4.69) is 53.8 Å². The van der Waals surface area contributed by atoms with Gasteiger partial charge in [-0.25, -0.2) is 31.4 Å². The number of nitrogens with one attached hydrogen (secondary N) is 6. The number of aliphatic hydroxyl groups is 1. The van der Waals surface area contributed by atoms with Crippen molar-refractivity contribution in [3.63, 3.8) is 0 Å². The number of anilines is 2. The summed E-state index contributed by atoms with van der Waals surface area (Å²) in [4.78, 5) is 124. The lowest BCUT2D eigenvalue weighted by Crippen LogP contribution is -2.60. The first-order chi connectivity index (χ1) is 52.8. The van der Waals surface area contributed by atoms with Crippen molar-refractivity contribution in [1.29, 1.82) is 0 Å². The number of ether oxygens (including phenoxy) is 7. The third-order valence-electron chi connectivity index (χ3n) is 20.7. The van der Waals surface area contributed by atoms with Crippen molar-refractivity contribution < 1.29 is 97.8 Å². The predicted octanol–water partition coefficient (Wildman–Crippen LogP) is 5.81. The van der Waals surface area contributed by atoms with Crippen LogP contribution in [0.1, 0.15) is 134 Å². The van der Waals surface area contributed by atoms with Crippen molar-refractivity contribution in [1.82, 2.24) is 50.5 Å². The Morgan fingerprint density at radius 3 is 1.37 bits per heavy atom. The molecule has 0 radical (unpaired) electrons. The number of methoxy groups -OCH3 is 2. The van der Waals surface area contributed by atoms with E-state index in [0.717, 1.165) is 23.9 Å². The van der Waals surface area contributed by atoms with Gasteiger partial charge in [-0.1, -0.05) is 53.7 Å². The number of β-amino-alcohol motifs (C(OH)–C–C–N with tert-alkyl or cyclic N) is 1. The van der Waals surface area contributed by atoms with Gasteiger partial charge in [0.25, 0.3) is 11.8 Å². The van der Waals surface area contributed by atoms with Crippen LogP contribution in [-0.2, 0) is 67.8 Å². The Balaban J connectivity index is 0.000000203. The maximum Gasteiger partial charge on any atom is 0.408 e. The van der Waals surface area contributed by atoms with Crippen LogP contribution in [0.2, 0.25) is 0 Å². The lowest BCUT2D eigenvalue weighted by Gasteiger charge is -2.36. The van der Waals surface area contributed by atoms with Crippen LogP contribution in [0, 0.1) is 28.6 Å². The van der Waals surface area contributed by atoms with Crippen LogP contribution in [0.5, 0.6) is 17.4 Å². The number of likely N-dealkylation sites (tertiary alicyclic amines) is 2. The van der Waals surface area contributed by atoms with Crippen molar-refractivity contribution in [2.75, 3.05) is 89.7 Å². The maximum absolute atomic E-state index is 14.7. The van der Waals surface area contributed by atoms with Crippen LogP contribution in [0.15, 0.2) is 73.8 Å². The molecule has 0 unspecified atom stereocenters. The average Bonchev–Trinajstić information content (AvgIpc) is 1.58. The normalized spacial score (nSPS) is 24.3. The van der Waals surface area contributed by atoms with Crippen LogP contribution in [0.4, 0.5) is 25.6 Å². The van der Waals surface area contributed by atoms with Crippen LogP contribution >= 0.6 is 0 Å². The quantitative estimate of drug-likeness (QED) is 0.0360. The third kappa shape index (κ3) is 21.0. The molecular formula is C78H109FN12O20S2. The standard InChI is InChI=1S/C39H54N6O10S.C25H40N4O8S.C14H15FN2O2/c1-9-24-21-39(24,35(48)43-56(50,51)27-11-12-27)42-32(46)29-20-26(22-45(29)34(47)31(37(2,3)4)41-36(49)55-38(5,6)7)54-33-28-13-10-25(52-8)18-23(28)19-30(40-33)44-14-16-53-17-15-44;1-8-14-12-25(14,21(33)28-38(35,36)16-9-10-16)27-19(31)17-11-15(30)13-29(17)20(32)18(23(2,3)4)26-22(34)37-24(5,6)7;1-18-11-2-3-12-10(8-11)9-13(16-14(12)15)17-4-6-19-7-5-17/h9-10,13,18-19,24,26-27,29,31H,1,11-12,14-17,20-22H2,2-8H3,(H,41,49)(H,42,46)(H,43,48);8,14-18,30H,1,9-13H2,2-7H3,(H,26,34)(H,27,31)(H,28,33);2-3,8-9H,4-7H2,1H3/t24-,26-,29+,31-,39-;14-,15-,17+,18-,25-;/m11./s1. The molecule has 4 aliphatic carbocycles. The molecule has 4 saturated carbocycles. The van der Waals surface area contributed by atoms with E-state index in [1.165, 1.54) is 22.0 Å². The number of morpholine rings is 2. The molecule has 8 fully saturated rings. The van der Waals surface area contributed by atoms with E-state index in [4.69, 9.17) is 38.1 Å². The number of carbonyl (C=O) groups excluding carboxylic acids is 8. The van der Waals surface area contributed by atoms with Gasteiger partial charge in [-0.2, -0.15) is 9.37 Å². The average molecular weight is 1620 g/mol. The highest BCUT2D eigenvalue weighted by Crippen LogP contribution is 2.47. The van der Waals surface area contributed by atoms with Crippen molar-refractivity contribution in [3.05, 3.63) is 79.8 Å². The summed E-state index contributed by atoms with van der Waals surface area (Å²) in [6, 6.07) is 10.1. The summed E-state index contributed by atoms with van der Waals surface area (Å²) in [5.41, 5.74) is -6.33. The molecule has 113 heavy (non-hydrogen) atoms. The van der Waals surface area contributed by atoms with Gasteiger partial charge in [0.15, 0.2) is 0 Å². The fraction of sp³-hybridized carbons (Fsp3) is 0.615. The van der Waals surface area contributed by atoms with Crippen LogP contribution in [0.3, 0.4) is 0 Å². The first-order valence-electron chi connectivity index (χ1n) is 38.1. The van der Waals surface area contributed by atoms with E-state index in [9.17, 15) is 64.7 Å². The lowest BCUT2D eigenvalue weighted by molar-refractivity contribution is -0.143. The van der Waals surface area contributed by atoms with Gasteiger partial charge in [-0.3, -0.25) is 38.2 Å². The summed E-state index contributed by atoms with van der Waals surface area (Å²) in [6.07, 6.45) is 1.64. The van der Waals surface area contributed by atoms with Crippen molar-refractivity contribution >= 4 is 101 Å². The monoisotopic (exact) mass is 1620 g/mol. The molecule has 0 bridgehead atoms. The number of halogens is 1. The van der Waals surface area contributed by atoms with Gasteiger partial charge in [-0.15, -0.1) is 13.2 Å². The van der Waals surface area contributed by atoms with E-state index >= 15 is 0 Å². The summed E-state index contributed by atoms with van der Waals surface area (Å²) in [5.74, 6) is -2.75. The minimum atomic E-state index is -3.92. The SMILES string of the molecule is C=C[C@@H]1C[C@]1(NC(=O)[C@@H]1C[C@@H](O)CN1C(=O)[C@@H](NC(=O)OC(C)(C)C)C(C)(C)C)C(=O)NS(=O)(=O)C1CC1.C=C[C@@H]1C[C@]1(NC(=O)[C@@H]1C[C@@H](Oc2nc(N3CCOCC3)cc3cc(OC)ccc23)CN1C(=O)[C@@H](NC(=O)OC(C)(C)C)C(C)(C)C)C(=O)NS(=O)(=O)C1CC1.COc1ccc2c(F)nc(N3CCOCC3)cc2c1. The fourth-order valence-electron chi connectivity index (χ4n) is 14.0. The fourth-order valence-corrected chi connectivity index (χ4v) is 16.7. The number of nitrogens with zero attached hydrogens (tertiary/aromatic N) is 6. The molecule has 4 aliphatic heterocycles. The molecule has 2 aromatic heterocycles. The third-order valence-corrected chi connectivity index (χ3v) is 24.3. The number of benzene rings is 2. The summed E-state index contributed by atoms with van der Waals surface area (Å²) < 4.78 is 107. The zero-order valence-corrected chi connectivity index (χ0v) is 68.4. The van der Waals surface area contributed by atoms with Crippen LogP contribution in [-0.4, -0.2) is 238 Å². The number of sulfonamides is 2. The predicted molar refractivity (Wildman–Crippen MR) is 417 cm³/mol. The lowest BCUT2D eigenvalue weighted by atomic mass is 9.85. The first-order valence-corrected chi connectivity index (χ1v) is 41.2. The molecule has 4 aromatic rings. The Kier molecular flexibility index (Phi) is 25.7. The molecule has 0 spiro atoms. The van der Waals surface area contributed by atoms with Crippen LogP contribution in [0.25, 0.3) is 21.5 Å². The minimum Gasteiger partial charge on any atom is -0.497 e. The minimum absolute atomic E-state index is 0.00118. The van der Waals surface area contributed by atoms with Crippen molar-refractivity contribution in [2.24, 2.45) is 22.7 Å². The number of rotatable bonds is 22. The zero-order valence-electron chi connectivity index (χ0n) is 66.8. The Morgan fingerprint density at radius 2 is 0.982 bits per heavy atom. The number of pyridine rings is 2. The maximum atomic E-state index is 14.7. The largest absolute Gasteiger partial charge is 0.497 e. The number of fused-ring (bicyclic) bond motifs is 2. The molecule has 7 N–H and O–H groups in total. The van der Waals surface area contributed by atoms with E-state index in [0.29, 0.717) is 105 Å². The van der Waals surface area contributed by atoms with Gasteiger partial charge in [0, 0.05) is 68.2 Å². The van der Waals surface area contributed by atoms with Gasteiger partial charge in [0.1, 0.15) is 75.7 Å². The summed E-state index contributed by atoms with van der Waals surface area (Å²) in [7, 11) is -4.58. The van der Waals surface area contributed by atoms with Gasteiger partial charge in [0.2, 0.25) is 55.5 Å². The van der Waals surface area contributed by atoms with Gasteiger partial charge in [0.05, 0.1) is 63.8 Å². The molecule has 620 valence electrons. The number of hydrogen-bond donors (Lipinski definition) is 7. The molecular weight excluding hydrogens is 1510 g/mol. The molecule has 12 rings (SSSR count). The molecule has 8 amide bonds. The Bertz CT molecular complexity index is 4530. The Labute approximate surface area is 659 Å². The molecule has 32 nitrogen and oxygen atoms in total. The molecule has 2 aromatic carbocycles. The van der Waals surface area contributed by atoms with Crippen LogP contribution < -0.4 is 54.7 Å². The summed E-state index contributed by atoms with van der Waals surface area (Å²) in [6.45, 7) is 33.1. The zero-order chi connectivity index (χ0) is 82.9. The summed E-state index contributed by atoms with van der Waals surface area (Å²) >= 11 is 0. The number of aliphatic hydroxyl groups excluding tert-OH is 1. The molecule has 8 aliphatic rings. The Morgan fingerprint density at radius 1 is 0.584 bits per heavy atom. The summed E-state index contributed by atoms with van der Waals surface area (Å²) in [5, 5.41) is 22.7. The van der Waals surface area contributed by atoms with Gasteiger partial charge >= 0.3 is 12.2 Å². The number of carbonyl (C=O) groups is 8. The van der Waals surface area contributed by atoms with E-state index < -0.39 is 165 Å². The van der Waals surface area contributed by atoms with E-state index in [-0.39, 0.29) is 38.8 Å². The highest BCUT2D eigenvalue weighted by Gasteiger charge is 2.64. The van der Waals surface area contributed by atoms with Gasteiger partial charge < -0.3 is 79.1 Å². The topological polar surface area (TPSA) is 401 Å². The van der Waals surface area contributed by atoms with Crippen molar-refractivity contribution in [3.8, 4) is 17.4 Å². The van der Waals surface area contributed by atoms with Gasteiger partial charge in [-0.05, 0) is 150 Å². The second-order valence-electron chi connectivity index (χ2n) is 34.1. The number of aromatic nitrogens is 2. The van der Waals surface area contributed by atoms with E-state index in [1.54, 1.807) is 116 Å². The number of alkyl carbamates (subject to hydrolysis) is 2. The molecule has 35 heteroatoms. The molecule has 6 heterocycles. The highest BCUT2D eigenvalue weighted by molar-refractivity contribution is 7.91. The highest BCUT2D eigenvalue weighted by atomic mass is 32.2. The Hall–Kier alpha value is -9.19. The second-order valence-corrected chi connectivity index (χ2v) is 38.0. The number of hydrogen-bond acceptors (Lipinski definition) is 24. The molecule has 4 saturated heterocycles. The second kappa shape index (κ2) is 33.7. The van der Waals surface area contributed by atoms with E-state index in [1.807, 2.05) is 35.2 Å². The number of amides is 8.